The van der Waals surface area contributed by atoms with Crippen molar-refractivity contribution in [2.24, 2.45) is 0 Å². The monoisotopic (exact) mass is 235 g/mol. The van der Waals surface area contributed by atoms with Gasteiger partial charge >= 0.3 is 5.97 Å². The van der Waals surface area contributed by atoms with Gasteiger partial charge in [0.25, 0.3) is 5.91 Å². The van der Waals surface area contributed by atoms with Crippen molar-refractivity contribution in [2.45, 2.75) is 26.8 Å². The third-order valence-electron chi connectivity index (χ3n) is 2.60. The predicted molar refractivity (Wildman–Crippen MR) is 65.2 cm³/mol. The van der Waals surface area contributed by atoms with Gasteiger partial charge in [-0.25, -0.2) is 4.79 Å². The summed E-state index contributed by atoms with van der Waals surface area (Å²) in [6.07, 6.45) is 0. The Morgan fingerprint density at radius 1 is 1.18 bits per heavy atom. The van der Waals surface area contributed by atoms with E-state index >= 15 is 0 Å². The largest absolute Gasteiger partial charge is 0.478 e. The van der Waals surface area contributed by atoms with Gasteiger partial charge in [-0.05, 0) is 45.0 Å². The third kappa shape index (κ3) is 3.06. The highest BCUT2D eigenvalue weighted by Crippen LogP contribution is 2.10. The number of aromatic carboxylic acids is 1. The lowest BCUT2D eigenvalue weighted by Gasteiger charge is -2.25. The number of carboxylic acid groups (broad SMARTS) is 1. The number of nitrogens with zero attached hydrogens (tertiary/aromatic N) is 1. The van der Waals surface area contributed by atoms with E-state index in [9.17, 15) is 9.59 Å². The Balaban J connectivity index is 2.93. The first-order valence-electron chi connectivity index (χ1n) is 5.61. The molecule has 1 N–H and O–H groups in total. The topological polar surface area (TPSA) is 57.6 Å². The zero-order chi connectivity index (χ0) is 13.0. The number of hydrogen-bond donors (Lipinski definition) is 1. The van der Waals surface area contributed by atoms with Crippen molar-refractivity contribution in [3.63, 3.8) is 0 Å². The van der Waals surface area contributed by atoms with Crippen LogP contribution in [0.25, 0.3) is 0 Å². The Labute approximate surface area is 101 Å². The molecule has 1 aromatic carbocycles. The van der Waals surface area contributed by atoms with Crippen LogP contribution >= 0.6 is 0 Å². The SMILES string of the molecule is CCN(C(=O)c1ccc(C(=O)O)cc1)C(C)C. The van der Waals surface area contributed by atoms with E-state index in [-0.39, 0.29) is 17.5 Å². The molecule has 0 aromatic heterocycles. The van der Waals surface area contributed by atoms with E-state index in [2.05, 4.69) is 0 Å². The first-order valence-corrected chi connectivity index (χ1v) is 5.61. The molecule has 0 bridgehead atoms. The molecule has 0 radical (unpaired) electrons. The molecule has 0 unspecified atom stereocenters. The van der Waals surface area contributed by atoms with Crippen LogP contribution < -0.4 is 0 Å². The minimum atomic E-state index is -0.986. The van der Waals surface area contributed by atoms with Gasteiger partial charge in [-0.2, -0.15) is 0 Å². The first-order chi connectivity index (χ1) is 7.97. The van der Waals surface area contributed by atoms with Gasteiger partial charge in [-0.3, -0.25) is 4.79 Å². The minimum Gasteiger partial charge on any atom is -0.478 e. The fraction of sp³-hybridized carbons (Fsp3) is 0.385. The van der Waals surface area contributed by atoms with Crippen molar-refractivity contribution in [1.29, 1.82) is 0 Å². The molecule has 0 aliphatic carbocycles. The van der Waals surface area contributed by atoms with E-state index in [1.165, 1.54) is 12.1 Å². The van der Waals surface area contributed by atoms with E-state index in [1.54, 1.807) is 17.0 Å². The van der Waals surface area contributed by atoms with Crippen molar-refractivity contribution in [3.05, 3.63) is 35.4 Å². The second-order valence-electron chi connectivity index (χ2n) is 4.07. The molecule has 92 valence electrons. The van der Waals surface area contributed by atoms with Crippen molar-refractivity contribution >= 4 is 11.9 Å². The molecule has 1 rings (SSSR count). The van der Waals surface area contributed by atoms with Gasteiger partial charge in [0.15, 0.2) is 0 Å². The molecule has 0 atom stereocenters. The molecule has 4 nitrogen and oxygen atoms in total. The lowest BCUT2D eigenvalue weighted by atomic mass is 10.1. The highest BCUT2D eigenvalue weighted by atomic mass is 16.4. The van der Waals surface area contributed by atoms with E-state index < -0.39 is 5.97 Å². The number of carbonyl (C=O) groups is 2. The lowest BCUT2D eigenvalue weighted by Crippen LogP contribution is -2.36. The average Bonchev–Trinajstić information content (AvgIpc) is 2.29. The van der Waals surface area contributed by atoms with Crippen LogP contribution in [0.1, 0.15) is 41.5 Å². The maximum atomic E-state index is 12.1. The lowest BCUT2D eigenvalue weighted by molar-refractivity contribution is 0.0689. The van der Waals surface area contributed by atoms with Crippen LogP contribution in [-0.2, 0) is 0 Å². The molecule has 0 aliphatic rings. The van der Waals surface area contributed by atoms with Gasteiger partial charge in [-0.15, -0.1) is 0 Å². The Morgan fingerprint density at radius 3 is 2.00 bits per heavy atom. The fourth-order valence-electron chi connectivity index (χ4n) is 1.66. The zero-order valence-corrected chi connectivity index (χ0v) is 10.3. The molecule has 4 heteroatoms. The van der Waals surface area contributed by atoms with Crippen molar-refractivity contribution in [3.8, 4) is 0 Å². The molecular formula is C13H17NO3. The van der Waals surface area contributed by atoms with Crippen LogP contribution in [-0.4, -0.2) is 34.5 Å². The Hall–Kier alpha value is -1.84. The summed E-state index contributed by atoms with van der Waals surface area (Å²) >= 11 is 0. The van der Waals surface area contributed by atoms with Gasteiger partial charge in [0.05, 0.1) is 5.56 Å². The molecular weight excluding hydrogens is 218 g/mol. The van der Waals surface area contributed by atoms with Crippen LogP contribution in [0.4, 0.5) is 0 Å². The summed E-state index contributed by atoms with van der Waals surface area (Å²) in [7, 11) is 0. The van der Waals surface area contributed by atoms with Crippen molar-refractivity contribution in [2.75, 3.05) is 6.54 Å². The Kier molecular flexibility index (Phi) is 4.26. The van der Waals surface area contributed by atoms with Crippen LogP contribution in [0.3, 0.4) is 0 Å². The highest BCUT2D eigenvalue weighted by molar-refractivity contribution is 5.96. The van der Waals surface area contributed by atoms with Gasteiger partial charge in [-0.1, -0.05) is 0 Å². The normalized spacial score (nSPS) is 10.4. The fourth-order valence-corrected chi connectivity index (χ4v) is 1.66. The molecule has 17 heavy (non-hydrogen) atoms. The first kappa shape index (κ1) is 13.2. The molecule has 0 saturated heterocycles. The molecule has 1 aromatic rings. The number of benzene rings is 1. The van der Waals surface area contributed by atoms with Crippen LogP contribution in [0.5, 0.6) is 0 Å². The van der Waals surface area contributed by atoms with Gasteiger partial charge in [0, 0.05) is 18.2 Å². The summed E-state index contributed by atoms with van der Waals surface area (Å²) < 4.78 is 0. The summed E-state index contributed by atoms with van der Waals surface area (Å²) in [6.45, 7) is 6.46. The second kappa shape index (κ2) is 5.48. The predicted octanol–water partition coefficient (Wildman–Crippen LogP) is 2.26. The summed E-state index contributed by atoms with van der Waals surface area (Å²) in [4.78, 5) is 24.5. The molecule has 0 aliphatic heterocycles. The number of rotatable bonds is 4. The summed E-state index contributed by atoms with van der Waals surface area (Å²) in [5.74, 6) is -1.06. The van der Waals surface area contributed by atoms with E-state index in [4.69, 9.17) is 5.11 Å². The Morgan fingerprint density at radius 2 is 1.65 bits per heavy atom. The number of carbonyl (C=O) groups excluding carboxylic acids is 1. The highest BCUT2D eigenvalue weighted by Gasteiger charge is 2.17. The Bertz CT molecular complexity index is 409. The summed E-state index contributed by atoms with van der Waals surface area (Å²) in [5, 5.41) is 8.76. The minimum absolute atomic E-state index is 0.0700. The van der Waals surface area contributed by atoms with E-state index in [0.717, 1.165) is 0 Å². The zero-order valence-electron chi connectivity index (χ0n) is 10.3. The molecule has 0 spiro atoms. The number of amides is 1. The van der Waals surface area contributed by atoms with Gasteiger partial charge in [0.2, 0.25) is 0 Å². The average molecular weight is 235 g/mol. The second-order valence-corrected chi connectivity index (χ2v) is 4.07. The van der Waals surface area contributed by atoms with E-state index in [0.29, 0.717) is 12.1 Å². The van der Waals surface area contributed by atoms with Crippen LogP contribution in [0, 0.1) is 0 Å². The molecule has 0 heterocycles. The van der Waals surface area contributed by atoms with Crippen molar-refractivity contribution < 1.29 is 14.7 Å². The smallest absolute Gasteiger partial charge is 0.335 e. The maximum absolute atomic E-state index is 12.1. The van der Waals surface area contributed by atoms with Crippen molar-refractivity contribution in [1.82, 2.24) is 4.90 Å². The van der Waals surface area contributed by atoms with E-state index in [1.807, 2.05) is 20.8 Å². The van der Waals surface area contributed by atoms with Gasteiger partial charge in [0.1, 0.15) is 0 Å². The quantitative estimate of drug-likeness (QED) is 0.870. The summed E-state index contributed by atoms with van der Waals surface area (Å²) in [6, 6.07) is 6.13. The summed E-state index contributed by atoms with van der Waals surface area (Å²) in [5.41, 5.74) is 0.708. The van der Waals surface area contributed by atoms with Crippen LogP contribution in [0.2, 0.25) is 0 Å². The van der Waals surface area contributed by atoms with Gasteiger partial charge < -0.3 is 10.0 Å². The number of hydrogen-bond acceptors (Lipinski definition) is 2. The number of carboxylic acids is 1. The standard InChI is InChI=1S/C13H17NO3/c1-4-14(9(2)3)12(15)10-5-7-11(8-6-10)13(16)17/h5-9H,4H2,1-3H3,(H,16,17). The molecule has 1 amide bonds. The molecule has 0 saturated carbocycles. The molecule has 0 fully saturated rings. The maximum Gasteiger partial charge on any atom is 0.335 e. The third-order valence-corrected chi connectivity index (χ3v) is 2.60. The van der Waals surface area contributed by atoms with Crippen LogP contribution in [0.15, 0.2) is 24.3 Å².